The number of anilines is 1. The predicted octanol–water partition coefficient (Wildman–Crippen LogP) is 0.974. The Balaban J connectivity index is 1.99. The van der Waals surface area contributed by atoms with E-state index in [1.54, 1.807) is 19.1 Å². The molecule has 102 valence electrons. The fourth-order valence-corrected chi connectivity index (χ4v) is 1.77. The zero-order valence-corrected chi connectivity index (χ0v) is 11.2. The largest absolute Gasteiger partial charge is 0.398 e. The van der Waals surface area contributed by atoms with Gasteiger partial charge >= 0.3 is 0 Å². The zero-order chi connectivity index (χ0) is 14.0. The Morgan fingerprint density at radius 3 is 2.68 bits per heavy atom. The molecule has 2 amide bonds. The van der Waals surface area contributed by atoms with Gasteiger partial charge in [0.25, 0.3) is 5.91 Å². The van der Waals surface area contributed by atoms with Crippen molar-refractivity contribution >= 4 is 17.5 Å². The molecule has 2 rings (SSSR count). The van der Waals surface area contributed by atoms with Gasteiger partial charge in [-0.25, -0.2) is 0 Å². The van der Waals surface area contributed by atoms with Crippen LogP contribution in [0.25, 0.3) is 0 Å². The molecule has 1 aliphatic rings. The molecule has 1 unspecified atom stereocenters. The number of amides is 2. The monoisotopic (exact) mass is 261 g/mol. The van der Waals surface area contributed by atoms with E-state index < -0.39 is 6.04 Å². The van der Waals surface area contributed by atoms with E-state index in [0.29, 0.717) is 11.3 Å². The van der Waals surface area contributed by atoms with Crippen LogP contribution in [-0.4, -0.2) is 23.9 Å². The van der Waals surface area contributed by atoms with Gasteiger partial charge in [0.1, 0.15) is 6.04 Å². The van der Waals surface area contributed by atoms with E-state index >= 15 is 0 Å². The molecule has 5 heteroatoms. The van der Waals surface area contributed by atoms with Crippen molar-refractivity contribution in [1.29, 1.82) is 0 Å². The SMILES string of the molecule is Cc1cccc(C(=O)NC(C)C(=O)NC2CC2)c1N. The van der Waals surface area contributed by atoms with Crippen molar-refractivity contribution in [3.05, 3.63) is 29.3 Å². The zero-order valence-electron chi connectivity index (χ0n) is 11.2. The lowest BCUT2D eigenvalue weighted by Gasteiger charge is -2.15. The van der Waals surface area contributed by atoms with Crippen LogP contribution in [0.1, 0.15) is 35.7 Å². The standard InChI is InChI=1S/C14H19N3O2/c1-8-4-3-5-11(12(8)15)14(19)16-9(2)13(18)17-10-6-7-10/h3-5,9-10H,6-7,15H2,1-2H3,(H,16,19)(H,17,18). The number of hydrogen-bond donors (Lipinski definition) is 3. The molecular weight excluding hydrogens is 242 g/mol. The van der Waals surface area contributed by atoms with Crippen molar-refractivity contribution in [2.24, 2.45) is 0 Å². The van der Waals surface area contributed by atoms with Gasteiger partial charge < -0.3 is 16.4 Å². The number of nitrogens with one attached hydrogen (secondary N) is 2. The average molecular weight is 261 g/mol. The van der Waals surface area contributed by atoms with Crippen LogP contribution < -0.4 is 16.4 Å². The summed E-state index contributed by atoms with van der Waals surface area (Å²) >= 11 is 0. The van der Waals surface area contributed by atoms with Crippen LogP contribution in [0.4, 0.5) is 5.69 Å². The summed E-state index contributed by atoms with van der Waals surface area (Å²) in [7, 11) is 0. The Morgan fingerprint density at radius 1 is 1.37 bits per heavy atom. The summed E-state index contributed by atoms with van der Waals surface area (Å²) in [6, 6.07) is 5.00. The minimum Gasteiger partial charge on any atom is -0.398 e. The van der Waals surface area contributed by atoms with Crippen LogP contribution in [0.2, 0.25) is 0 Å². The first-order valence-electron chi connectivity index (χ1n) is 6.45. The second kappa shape index (κ2) is 5.30. The molecule has 0 saturated heterocycles. The van der Waals surface area contributed by atoms with Crippen molar-refractivity contribution in [3.63, 3.8) is 0 Å². The lowest BCUT2D eigenvalue weighted by molar-refractivity contribution is -0.122. The Bertz CT molecular complexity index is 509. The van der Waals surface area contributed by atoms with Gasteiger partial charge in [0, 0.05) is 11.7 Å². The molecule has 0 aromatic heterocycles. The molecule has 1 fully saturated rings. The predicted molar refractivity (Wildman–Crippen MR) is 73.7 cm³/mol. The number of nitrogen functional groups attached to an aromatic ring is 1. The van der Waals surface area contributed by atoms with Crippen LogP contribution in [0.3, 0.4) is 0 Å². The van der Waals surface area contributed by atoms with E-state index in [1.165, 1.54) is 0 Å². The fraction of sp³-hybridized carbons (Fsp3) is 0.429. The van der Waals surface area contributed by atoms with Crippen molar-refractivity contribution in [3.8, 4) is 0 Å². The summed E-state index contributed by atoms with van der Waals surface area (Å²) in [4.78, 5) is 23.8. The molecule has 1 aromatic rings. The highest BCUT2D eigenvalue weighted by atomic mass is 16.2. The maximum atomic E-state index is 12.1. The minimum atomic E-state index is -0.562. The summed E-state index contributed by atoms with van der Waals surface area (Å²) < 4.78 is 0. The van der Waals surface area contributed by atoms with Gasteiger partial charge in [0.2, 0.25) is 5.91 Å². The number of carbonyl (C=O) groups is 2. The van der Waals surface area contributed by atoms with Gasteiger partial charge in [0.05, 0.1) is 5.56 Å². The third-order valence-corrected chi connectivity index (χ3v) is 3.23. The molecule has 0 bridgehead atoms. The first kappa shape index (κ1) is 13.4. The first-order valence-corrected chi connectivity index (χ1v) is 6.45. The van der Waals surface area contributed by atoms with E-state index in [-0.39, 0.29) is 17.9 Å². The van der Waals surface area contributed by atoms with Crippen molar-refractivity contribution in [1.82, 2.24) is 10.6 Å². The summed E-state index contributed by atoms with van der Waals surface area (Å²) in [5, 5.41) is 5.52. The first-order chi connectivity index (χ1) is 8.99. The maximum absolute atomic E-state index is 12.1. The Hall–Kier alpha value is -2.04. The molecule has 1 aromatic carbocycles. The number of rotatable bonds is 4. The minimum absolute atomic E-state index is 0.151. The van der Waals surface area contributed by atoms with Gasteiger partial charge in [0.15, 0.2) is 0 Å². The molecule has 1 atom stereocenters. The molecule has 0 aliphatic heterocycles. The molecular formula is C14H19N3O2. The molecule has 19 heavy (non-hydrogen) atoms. The summed E-state index contributed by atoms with van der Waals surface area (Å²) in [5.41, 5.74) is 7.58. The lowest BCUT2D eigenvalue weighted by atomic mass is 10.1. The second-order valence-corrected chi connectivity index (χ2v) is 5.01. The number of para-hydroxylation sites is 1. The van der Waals surface area contributed by atoms with Gasteiger partial charge in [-0.1, -0.05) is 12.1 Å². The second-order valence-electron chi connectivity index (χ2n) is 5.01. The smallest absolute Gasteiger partial charge is 0.254 e. The topological polar surface area (TPSA) is 84.2 Å². The number of benzene rings is 1. The summed E-state index contributed by atoms with van der Waals surface area (Å²) in [6.07, 6.45) is 2.05. The average Bonchev–Trinajstić information content (AvgIpc) is 3.16. The van der Waals surface area contributed by atoms with Gasteiger partial charge in [-0.05, 0) is 38.3 Å². The van der Waals surface area contributed by atoms with E-state index in [4.69, 9.17) is 5.73 Å². The van der Waals surface area contributed by atoms with Crippen LogP contribution in [0.5, 0.6) is 0 Å². The normalized spacial score (nSPS) is 15.7. The van der Waals surface area contributed by atoms with Crippen LogP contribution in [-0.2, 0) is 4.79 Å². The third kappa shape index (κ3) is 3.24. The molecule has 0 radical (unpaired) electrons. The van der Waals surface area contributed by atoms with Crippen molar-refractivity contribution in [2.75, 3.05) is 5.73 Å². The van der Waals surface area contributed by atoms with E-state index in [0.717, 1.165) is 18.4 Å². The molecule has 5 nitrogen and oxygen atoms in total. The third-order valence-electron chi connectivity index (χ3n) is 3.23. The lowest BCUT2D eigenvalue weighted by Crippen LogP contribution is -2.45. The molecule has 4 N–H and O–H groups in total. The molecule has 0 heterocycles. The van der Waals surface area contributed by atoms with Crippen molar-refractivity contribution in [2.45, 2.75) is 38.8 Å². The summed E-state index contributed by atoms with van der Waals surface area (Å²) in [5.74, 6) is -0.471. The van der Waals surface area contributed by atoms with Gasteiger partial charge in [-0.3, -0.25) is 9.59 Å². The Morgan fingerprint density at radius 2 is 2.05 bits per heavy atom. The van der Waals surface area contributed by atoms with Crippen molar-refractivity contribution < 1.29 is 9.59 Å². The van der Waals surface area contributed by atoms with Crippen LogP contribution >= 0.6 is 0 Å². The summed E-state index contributed by atoms with van der Waals surface area (Å²) in [6.45, 7) is 3.51. The van der Waals surface area contributed by atoms with E-state index in [9.17, 15) is 9.59 Å². The van der Waals surface area contributed by atoms with Crippen LogP contribution in [0, 0.1) is 6.92 Å². The molecule has 0 spiro atoms. The highest BCUT2D eigenvalue weighted by molar-refractivity contribution is 6.01. The number of hydrogen-bond acceptors (Lipinski definition) is 3. The maximum Gasteiger partial charge on any atom is 0.254 e. The highest BCUT2D eigenvalue weighted by Gasteiger charge is 2.26. The van der Waals surface area contributed by atoms with E-state index in [2.05, 4.69) is 10.6 Å². The molecule has 1 aliphatic carbocycles. The Kier molecular flexibility index (Phi) is 3.74. The fourth-order valence-electron chi connectivity index (χ4n) is 1.77. The Labute approximate surface area is 112 Å². The van der Waals surface area contributed by atoms with Gasteiger partial charge in [-0.2, -0.15) is 0 Å². The molecule has 1 saturated carbocycles. The van der Waals surface area contributed by atoms with Gasteiger partial charge in [-0.15, -0.1) is 0 Å². The number of carbonyl (C=O) groups excluding carboxylic acids is 2. The highest BCUT2D eigenvalue weighted by Crippen LogP contribution is 2.19. The number of aryl methyl sites for hydroxylation is 1. The number of nitrogens with two attached hydrogens (primary N) is 1. The van der Waals surface area contributed by atoms with E-state index in [1.807, 2.05) is 13.0 Å². The quantitative estimate of drug-likeness (QED) is 0.706. The van der Waals surface area contributed by atoms with Crippen LogP contribution in [0.15, 0.2) is 18.2 Å².